The molecule has 0 unspecified atom stereocenters. The lowest BCUT2D eigenvalue weighted by Gasteiger charge is -2.05. The van der Waals surface area contributed by atoms with Gasteiger partial charge in [-0.3, -0.25) is 0 Å². The minimum absolute atomic E-state index is 0.188. The van der Waals surface area contributed by atoms with Crippen LogP contribution in [0.5, 0.6) is 5.75 Å². The van der Waals surface area contributed by atoms with Crippen molar-refractivity contribution in [3.05, 3.63) is 60.0 Å². The summed E-state index contributed by atoms with van der Waals surface area (Å²) in [7, 11) is 0. The van der Waals surface area contributed by atoms with E-state index in [1.54, 1.807) is 12.1 Å². The molecule has 21 heavy (non-hydrogen) atoms. The van der Waals surface area contributed by atoms with Gasteiger partial charge in [0, 0.05) is 5.56 Å². The van der Waals surface area contributed by atoms with Crippen LogP contribution in [0.25, 0.3) is 11.4 Å². The van der Waals surface area contributed by atoms with E-state index >= 15 is 0 Å². The highest BCUT2D eigenvalue weighted by molar-refractivity contribution is 5.59. The van der Waals surface area contributed by atoms with Crippen molar-refractivity contribution in [2.24, 2.45) is 0 Å². The fourth-order valence-electron chi connectivity index (χ4n) is 2.00. The molecule has 0 saturated carbocycles. The van der Waals surface area contributed by atoms with E-state index in [1.165, 1.54) is 0 Å². The number of ether oxygens (including phenoxy) is 1. The highest BCUT2D eigenvalue weighted by Crippen LogP contribution is 2.22. The molecule has 0 aliphatic heterocycles. The summed E-state index contributed by atoms with van der Waals surface area (Å²) < 4.78 is 10.8. The second-order valence-corrected chi connectivity index (χ2v) is 4.65. The molecule has 0 atom stereocenters. The summed E-state index contributed by atoms with van der Waals surface area (Å²) in [5.41, 5.74) is 8.44. The Kier molecular flexibility index (Phi) is 3.55. The molecule has 0 spiro atoms. The molecule has 0 radical (unpaired) electrons. The molecule has 5 nitrogen and oxygen atoms in total. The van der Waals surface area contributed by atoms with Gasteiger partial charge < -0.3 is 15.0 Å². The second-order valence-electron chi connectivity index (χ2n) is 4.65. The van der Waals surface area contributed by atoms with E-state index in [9.17, 15) is 0 Å². The maximum Gasteiger partial charge on any atom is 0.264 e. The van der Waals surface area contributed by atoms with Gasteiger partial charge in [-0.1, -0.05) is 41.6 Å². The average molecular weight is 281 g/mol. The molecule has 0 aliphatic carbocycles. The van der Waals surface area contributed by atoms with Crippen LogP contribution in [-0.2, 0) is 6.61 Å². The first kappa shape index (κ1) is 13.2. The zero-order valence-corrected chi connectivity index (χ0v) is 11.6. The van der Waals surface area contributed by atoms with Gasteiger partial charge in [0.1, 0.15) is 5.75 Å². The van der Waals surface area contributed by atoms with Crippen molar-refractivity contribution in [1.29, 1.82) is 0 Å². The summed E-state index contributed by atoms with van der Waals surface area (Å²) in [4.78, 5) is 4.34. The molecule has 0 saturated heterocycles. The van der Waals surface area contributed by atoms with Crippen LogP contribution in [0.4, 0.5) is 5.69 Å². The molecule has 2 N–H and O–H groups in total. The Bertz CT molecular complexity index is 753. The fourth-order valence-corrected chi connectivity index (χ4v) is 2.00. The van der Waals surface area contributed by atoms with Crippen molar-refractivity contribution in [3.8, 4) is 17.1 Å². The van der Waals surface area contributed by atoms with Gasteiger partial charge in [-0.25, -0.2) is 0 Å². The first-order valence-electron chi connectivity index (χ1n) is 6.60. The molecule has 0 aliphatic rings. The van der Waals surface area contributed by atoms with Crippen molar-refractivity contribution < 1.29 is 9.26 Å². The Morgan fingerprint density at radius 1 is 1.10 bits per heavy atom. The van der Waals surface area contributed by atoms with Crippen molar-refractivity contribution in [3.63, 3.8) is 0 Å². The standard InChI is InChI=1S/C16H15N3O2/c1-11-6-2-3-7-12(11)16-18-15(21-19-16)10-20-14-9-5-4-8-13(14)17/h2-9H,10,17H2,1H3. The number of anilines is 1. The molecule has 1 heterocycles. The predicted molar refractivity (Wildman–Crippen MR) is 79.7 cm³/mol. The lowest BCUT2D eigenvalue weighted by molar-refractivity contribution is 0.244. The Labute approximate surface area is 122 Å². The van der Waals surface area contributed by atoms with E-state index in [1.807, 2.05) is 43.3 Å². The molecule has 5 heteroatoms. The van der Waals surface area contributed by atoms with Gasteiger partial charge in [0.05, 0.1) is 5.69 Å². The summed E-state index contributed by atoms with van der Waals surface area (Å²) in [5.74, 6) is 1.58. The summed E-state index contributed by atoms with van der Waals surface area (Å²) in [6.07, 6.45) is 0. The van der Waals surface area contributed by atoms with E-state index in [-0.39, 0.29) is 6.61 Å². The summed E-state index contributed by atoms with van der Waals surface area (Å²) in [6.45, 7) is 2.19. The Morgan fingerprint density at radius 3 is 2.67 bits per heavy atom. The number of hydrogen-bond donors (Lipinski definition) is 1. The number of rotatable bonds is 4. The van der Waals surface area contributed by atoms with Gasteiger partial charge in [-0.05, 0) is 24.6 Å². The zero-order valence-electron chi connectivity index (χ0n) is 11.6. The van der Waals surface area contributed by atoms with Crippen molar-refractivity contribution in [2.45, 2.75) is 13.5 Å². The van der Waals surface area contributed by atoms with E-state index in [2.05, 4.69) is 10.1 Å². The molecule has 1 aromatic heterocycles. The average Bonchev–Trinajstić information content (AvgIpc) is 2.96. The van der Waals surface area contributed by atoms with Crippen LogP contribution in [-0.4, -0.2) is 10.1 Å². The van der Waals surface area contributed by atoms with Gasteiger partial charge in [-0.2, -0.15) is 4.98 Å². The summed E-state index contributed by atoms with van der Waals surface area (Å²) in [5, 5.41) is 3.98. The number of benzene rings is 2. The van der Waals surface area contributed by atoms with Gasteiger partial charge in [-0.15, -0.1) is 0 Å². The molecule has 0 amide bonds. The Balaban J connectivity index is 1.74. The lowest BCUT2D eigenvalue weighted by atomic mass is 10.1. The van der Waals surface area contributed by atoms with Gasteiger partial charge in [0.15, 0.2) is 6.61 Å². The third kappa shape index (κ3) is 2.86. The van der Waals surface area contributed by atoms with Crippen LogP contribution in [0.1, 0.15) is 11.5 Å². The maximum absolute atomic E-state index is 5.81. The first-order chi connectivity index (χ1) is 10.2. The number of nitrogens with zero attached hydrogens (tertiary/aromatic N) is 2. The van der Waals surface area contributed by atoms with Crippen LogP contribution >= 0.6 is 0 Å². The molecule has 106 valence electrons. The van der Waals surface area contributed by atoms with E-state index in [4.69, 9.17) is 15.0 Å². The minimum Gasteiger partial charge on any atom is -0.482 e. The zero-order chi connectivity index (χ0) is 14.7. The van der Waals surface area contributed by atoms with Crippen molar-refractivity contribution in [1.82, 2.24) is 10.1 Å². The van der Waals surface area contributed by atoms with Crippen molar-refractivity contribution in [2.75, 3.05) is 5.73 Å². The second kappa shape index (κ2) is 5.66. The van der Waals surface area contributed by atoms with E-state index in [0.29, 0.717) is 23.2 Å². The maximum atomic E-state index is 5.81. The molecule has 0 fully saturated rings. The van der Waals surface area contributed by atoms with Crippen LogP contribution in [0.2, 0.25) is 0 Å². The third-order valence-electron chi connectivity index (χ3n) is 3.12. The number of para-hydroxylation sites is 2. The van der Waals surface area contributed by atoms with E-state index in [0.717, 1.165) is 11.1 Å². The number of hydrogen-bond acceptors (Lipinski definition) is 5. The highest BCUT2D eigenvalue weighted by atomic mass is 16.5. The van der Waals surface area contributed by atoms with Crippen LogP contribution < -0.4 is 10.5 Å². The molecular formula is C16H15N3O2. The van der Waals surface area contributed by atoms with Crippen LogP contribution in [0.3, 0.4) is 0 Å². The highest BCUT2D eigenvalue weighted by Gasteiger charge is 2.11. The van der Waals surface area contributed by atoms with Crippen LogP contribution in [0.15, 0.2) is 53.1 Å². The largest absolute Gasteiger partial charge is 0.482 e. The normalized spacial score (nSPS) is 10.5. The Morgan fingerprint density at radius 2 is 1.86 bits per heavy atom. The van der Waals surface area contributed by atoms with Crippen molar-refractivity contribution >= 4 is 5.69 Å². The van der Waals surface area contributed by atoms with Gasteiger partial charge in [0.25, 0.3) is 5.89 Å². The molecule has 3 rings (SSSR count). The number of aromatic nitrogens is 2. The SMILES string of the molecule is Cc1ccccc1-c1noc(COc2ccccc2N)n1. The summed E-state index contributed by atoms with van der Waals surface area (Å²) >= 11 is 0. The van der Waals surface area contributed by atoms with Gasteiger partial charge >= 0.3 is 0 Å². The van der Waals surface area contributed by atoms with Gasteiger partial charge in [0.2, 0.25) is 5.82 Å². The molecule has 2 aromatic carbocycles. The summed E-state index contributed by atoms with van der Waals surface area (Å²) in [6, 6.07) is 15.2. The number of aryl methyl sites for hydroxylation is 1. The lowest BCUT2D eigenvalue weighted by Crippen LogP contribution is -1.98. The molecule has 3 aromatic rings. The van der Waals surface area contributed by atoms with E-state index < -0.39 is 0 Å². The molecular weight excluding hydrogens is 266 g/mol. The third-order valence-corrected chi connectivity index (χ3v) is 3.12. The fraction of sp³-hybridized carbons (Fsp3) is 0.125. The molecule has 0 bridgehead atoms. The Hall–Kier alpha value is -2.82. The number of nitrogen functional groups attached to an aromatic ring is 1. The first-order valence-corrected chi connectivity index (χ1v) is 6.60. The topological polar surface area (TPSA) is 74.2 Å². The predicted octanol–water partition coefficient (Wildman–Crippen LogP) is 3.21. The quantitative estimate of drug-likeness (QED) is 0.743. The number of nitrogens with two attached hydrogens (primary N) is 1. The van der Waals surface area contributed by atoms with Crippen LogP contribution in [0, 0.1) is 6.92 Å². The smallest absolute Gasteiger partial charge is 0.264 e. The monoisotopic (exact) mass is 281 g/mol. The minimum atomic E-state index is 0.188.